The number of para-hydroxylation sites is 2. The minimum atomic E-state index is 0.896. The minimum absolute atomic E-state index is 0.896. The summed E-state index contributed by atoms with van der Waals surface area (Å²) in [6.45, 7) is 0. The van der Waals surface area contributed by atoms with Crippen LogP contribution in [-0.2, 0) is 0 Å². The number of fused-ring (bicyclic) bond motifs is 4. The molecule has 0 fully saturated rings. The summed E-state index contributed by atoms with van der Waals surface area (Å²) in [6.07, 6.45) is 0. The first-order chi connectivity index (χ1) is 23.8. The first-order valence-corrected chi connectivity index (χ1v) is 16.3. The SMILES string of the molecule is c1ccc(-c2cccc3c(/C4=N/c5ccccc5/C(c5cccc6c(-c7ccccc7)cccc56)=N\c5ccccc54)cccc23)cc1. The van der Waals surface area contributed by atoms with E-state index in [-0.39, 0.29) is 0 Å². The fourth-order valence-electron chi connectivity index (χ4n) is 7.09. The number of nitrogens with zero attached hydrogens (tertiary/aromatic N) is 2. The van der Waals surface area contributed by atoms with Crippen molar-refractivity contribution < 1.29 is 0 Å². The Morgan fingerprint density at radius 1 is 0.229 bits per heavy atom. The molecule has 224 valence electrons. The Kier molecular flexibility index (Phi) is 6.84. The molecule has 0 radical (unpaired) electrons. The maximum Gasteiger partial charge on any atom is 0.0809 e. The molecule has 1 aliphatic rings. The molecular weight excluding hydrogens is 581 g/mol. The molecule has 0 amide bonds. The second-order valence-corrected chi connectivity index (χ2v) is 12.1. The van der Waals surface area contributed by atoms with Crippen molar-refractivity contribution in [3.8, 4) is 22.3 Å². The van der Waals surface area contributed by atoms with Crippen molar-refractivity contribution in [3.63, 3.8) is 0 Å². The zero-order valence-corrected chi connectivity index (χ0v) is 26.2. The van der Waals surface area contributed by atoms with Gasteiger partial charge in [0.1, 0.15) is 0 Å². The van der Waals surface area contributed by atoms with E-state index in [0.717, 1.165) is 55.8 Å². The van der Waals surface area contributed by atoms with Crippen LogP contribution in [0.4, 0.5) is 11.4 Å². The highest BCUT2D eigenvalue weighted by molar-refractivity contribution is 6.28. The number of rotatable bonds is 4. The molecule has 1 heterocycles. The van der Waals surface area contributed by atoms with Crippen LogP contribution in [0.5, 0.6) is 0 Å². The third-order valence-electron chi connectivity index (χ3n) is 9.31. The summed E-state index contributed by atoms with van der Waals surface area (Å²) in [5, 5.41) is 4.73. The normalized spacial score (nSPS) is 14.6. The summed E-state index contributed by atoms with van der Waals surface area (Å²) in [4.78, 5) is 11.0. The van der Waals surface area contributed by atoms with Crippen LogP contribution in [0, 0.1) is 0 Å². The van der Waals surface area contributed by atoms with Gasteiger partial charge in [0.15, 0.2) is 0 Å². The monoisotopic (exact) mass is 610 g/mol. The average molecular weight is 611 g/mol. The van der Waals surface area contributed by atoms with Gasteiger partial charge < -0.3 is 0 Å². The lowest BCUT2D eigenvalue weighted by atomic mass is 9.89. The number of hydrogen-bond acceptors (Lipinski definition) is 2. The molecule has 1 aliphatic heterocycles. The molecule has 9 rings (SSSR count). The van der Waals surface area contributed by atoms with Crippen molar-refractivity contribution in [1.29, 1.82) is 0 Å². The lowest BCUT2D eigenvalue weighted by Crippen LogP contribution is -2.11. The topological polar surface area (TPSA) is 24.7 Å². The van der Waals surface area contributed by atoms with E-state index in [0.29, 0.717) is 0 Å². The average Bonchev–Trinajstić information content (AvgIpc) is 3.15. The van der Waals surface area contributed by atoms with Gasteiger partial charge in [0.25, 0.3) is 0 Å². The zero-order chi connectivity index (χ0) is 31.9. The van der Waals surface area contributed by atoms with Crippen molar-refractivity contribution in [1.82, 2.24) is 0 Å². The summed E-state index contributed by atoms with van der Waals surface area (Å²) in [7, 11) is 0. The Morgan fingerprint density at radius 2 is 0.542 bits per heavy atom. The molecule has 2 nitrogen and oxygen atoms in total. The standard InChI is InChI=1S/C46H30N2/c1-3-15-31(16-4-1)33-21-11-25-37-35(33)23-13-27-39(37)45-41-19-7-9-29-43(41)48-46(42-20-8-10-30-44(42)47-45)40-28-14-24-36-34(22-12-26-38(36)40)32-17-5-2-6-18-32/h1-30H/b45-41?,46-42?,47-44?,47-45-,48-43?,48-46-. The smallest absolute Gasteiger partial charge is 0.0809 e. The quantitative estimate of drug-likeness (QED) is 0.189. The van der Waals surface area contributed by atoms with E-state index in [2.05, 4.69) is 182 Å². The van der Waals surface area contributed by atoms with Gasteiger partial charge in [-0.25, -0.2) is 9.98 Å². The molecule has 0 saturated carbocycles. The highest BCUT2D eigenvalue weighted by Crippen LogP contribution is 2.38. The molecule has 48 heavy (non-hydrogen) atoms. The third-order valence-corrected chi connectivity index (χ3v) is 9.31. The van der Waals surface area contributed by atoms with Crippen molar-refractivity contribution in [2.24, 2.45) is 9.98 Å². The van der Waals surface area contributed by atoms with Crippen molar-refractivity contribution in [2.75, 3.05) is 0 Å². The van der Waals surface area contributed by atoms with Gasteiger partial charge in [0.05, 0.1) is 22.8 Å². The fraction of sp³-hybridized carbons (Fsp3) is 0. The molecule has 0 saturated heterocycles. The molecule has 0 spiro atoms. The third kappa shape index (κ3) is 4.74. The summed E-state index contributed by atoms with van der Waals surface area (Å²) in [5.74, 6) is 0. The maximum atomic E-state index is 5.52. The van der Waals surface area contributed by atoms with Gasteiger partial charge in [-0.15, -0.1) is 0 Å². The van der Waals surface area contributed by atoms with E-state index in [1.54, 1.807) is 0 Å². The van der Waals surface area contributed by atoms with Gasteiger partial charge in [-0.05, 0) is 55.9 Å². The van der Waals surface area contributed by atoms with Crippen LogP contribution in [0.1, 0.15) is 22.3 Å². The largest absolute Gasteiger partial charge is 0.247 e. The Labute approximate surface area is 280 Å². The molecule has 0 unspecified atom stereocenters. The van der Waals surface area contributed by atoms with Crippen LogP contribution in [-0.4, -0.2) is 11.4 Å². The predicted octanol–water partition coefficient (Wildman–Crippen LogP) is 12.0. The van der Waals surface area contributed by atoms with E-state index >= 15 is 0 Å². The molecule has 0 N–H and O–H groups in total. The van der Waals surface area contributed by atoms with E-state index in [1.165, 1.54) is 33.0 Å². The lowest BCUT2D eigenvalue weighted by molar-refractivity contribution is 1.40. The second-order valence-electron chi connectivity index (χ2n) is 12.1. The van der Waals surface area contributed by atoms with Crippen molar-refractivity contribution in [3.05, 3.63) is 204 Å². The van der Waals surface area contributed by atoms with E-state index in [4.69, 9.17) is 9.98 Å². The molecule has 8 aromatic rings. The molecule has 2 heteroatoms. The lowest BCUT2D eigenvalue weighted by Gasteiger charge is -2.20. The molecule has 0 atom stereocenters. The minimum Gasteiger partial charge on any atom is -0.247 e. The first-order valence-electron chi connectivity index (χ1n) is 16.3. The fourth-order valence-corrected chi connectivity index (χ4v) is 7.09. The molecule has 8 aromatic carbocycles. The van der Waals surface area contributed by atoms with Crippen molar-refractivity contribution in [2.45, 2.75) is 0 Å². The molecule has 0 aromatic heterocycles. The van der Waals surface area contributed by atoms with Gasteiger partial charge in [0, 0.05) is 22.3 Å². The second kappa shape index (κ2) is 11.8. The zero-order valence-electron chi connectivity index (χ0n) is 26.2. The molecular formula is C46H30N2. The van der Waals surface area contributed by atoms with Gasteiger partial charge in [-0.3, -0.25) is 0 Å². The van der Waals surface area contributed by atoms with E-state index in [1.807, 2.05) is 0 Å². The molecule has 0 aliphatic carbocycles. The van der Waals surface area contributed by atoms with E-state index < -0.39 is 0 Å². The Hall–Kier alpha value is -6.38. The highest BCUT2D eigenvalue weighted by atomic mass is 14.8. The maximum absolute atomic E-state index is 5.52. The Morgan fingerprint density at radius 3 is 0.958 bits per heavy atom. The van der Waals surface area contributed by atoms with E-state index in [9.17, 15) is 0 Å². The van der Waals surface area contributed by atoms with Gasteiger partial charge in [-0.2, -0.15) is 0 Å². The summed E-state index contributed by atoms with van der Waals surface area (Å²) < 4.78 is 0. The van der Waals surface area contributed by atoms with Gasteiger partial charge >= 0.3 is 0 Å². The highest BCUT2D eigenvalue weighted by Gasteiger charge is 2.22. The first kappa shape index (κ1) is 27.9. The van der Waals surface area contributed by atoms with Crippen molar-refractivity contribution >= 4 is 44.3 Å². The van der Waals surface area contributed by atoms with Gasteiger partial charge in [-0.1, -0.05) is 170 Å². The molecule has 0 bridgehead atoms. The Balaban J connectivity index is 1.28. The number of benzene rings is 8. The van der Waals surface area contributed by atoms with Gasteiger partial charge in [0.2, 0.25) is 0 Å². The van der Waals surface area contributed by atoms with Crippen LogP contribution in [0.25, 0.3) is 43.8 Å². The number of hydrogen-bond donors (Lipinski definition) is 0. The van der Waals surface area contributed by atoms with Crippen LogP contribution in [0.15, 0.2) is 192 Å². The summed E-state index contributed by atoms with van der Waals surface area (Å²) >= 11 is 0. The summed E-state index contributed by atoms with van der Waals surface area (Å²) in [6, 6.07) is 64.3. The van der Waals surface area contributed by atoms with Crippen LogP contribution >= 0.6 is 0 Å². The predicted molar refractivity (Wildman–Crippen MR) is 202 cm³/mol. The van der Waals surface area contributed by atoms with Crippen LogP contribution in [0.3, 0.4) is 0 Å². The summed E-state index contributed by atoms with van der Waals surface area (Å²) in [5.41, 5.74) is 12.6. The Bertz CT molecular complexity index is 2360. The van der Waals surface area contributed by atoms with Crippen LogP contribution in [0.2, 0.25) is 0 Å². The van der Waals surface area contributed by atoms with Crippen LogP contribution < -0.4 is 0 Å². The number of aliphatic imine (C=N–C) groups is 2.